The van der Waals surface area contributed by atoms with Crippen LogP contribution in [-0.4, -0.2) is 0 Å². The van der Waals surface area contributed by atoms with Gasteiger partial charge in [-0.15, -0.1) is 0 Å². The fourth-order valence-corrected chi connectivity index (χ4v) is 1.47. The fraction of sp³-hybridized carbons (Fsp3) is 0. The number of anilines is 1. The van der Waals surface area contributed by atoms with E-state index in [1.54, 1.807) is 6.08 Å². The second kappa shape index (κ2) is 4.47. The van der Waals surface area contributed by atoms with Gasteiger partial charge in [0, 0.05) is 11.4 Å². The van der Waals surface area contributed by atoms with Gasteiger partial charge in [-0.2, -0.15) is 0 Å². The molecular formula is C14H13N. The molecule has 0 radical (unpaired) electrons. The molecule has 1 aliphatic heterocycles. The van der Waals surface area contributed by atoms with E-state index < -0.39 is 0 Å². The van der Waals surface area contributed by atoms with Gasteiger partial charge in [-0.1, -0.05) is 49.1 Å². The third kappa shape index (κ3) is 2.26. The van der Waals surface area contributed by atoms with Crippen LogP contribution in [0.2, 0.25) is 0 Å². The highest BCUT2D eigenvalue weighted by molar-refractivity contribution is 5.74. The molecule has 0 spiro atoms. The average Bonchev–Trinajstić information content (AvgIpc) is 2.29. The molecule has 0 aromatic heterocycles. The van der Waals surface area contributed by atoms with Crippen molar-refractivity contribution >= 4 is 11.8 Å². The number of hydrogen-bond acceptors (Lipinski definition) is 1. The van der Waals surface area contributed by atoms with Gasteiger partial charge in [0.05, 0.1) is 0 Å². The molecule has 1 heteroatoms. The van der Waals surface area contributed by atoms with Crippen molar-refractivity contribution < 1.29 is 0 Å². The highest BCUT2D eigenvalue weighted by Gasteiger charge is 2.03. The number of hydrogen-bond donors (Lipinski definition) is 1. The summed E-state index contributed by atoms with van der Waals surface area (Å²) in [5.74, 6) is 0. The van der Waals surface area contributed by atoms with Crippen molar-refractivity contribution in [1.29, 1.82) is 0 Å². The summed E-state index contributed by atoms with van der Waals surface area (Å²) in [5.41, 5.74) is 3.47. The SMILES string of the molecule is C=C/C=C\C=C1/C=Cc2ccccc2N1. The van der Waals surface area contributed by atoms with Crippen LogP contribution in [-0.2, 0) is 0 Å². The summed E-state index contributed by atoms with van der Waals surface area (Å²) in [7, 11) is 0. The van der Waals surface area contributed by atoms with E-state index in [0.29, 0.717) is 0 Å². The molecule has 0 aliphatic carbocycles. The van der Waals surface area contributed by atoms with Gasteiger partial charge in [-0.3, -0.25) is 0 Å². The summed E-state index contributed by atoms with van der Waals surface area (Å²) >= 11 is 0. The van der Waals surface area contributed by atoms with Crippen molar-refractivity contribution in [2.75, 3.05) is 5.32 Å². The lowest BCUT2D eigenvalue weighted by Gasteiger charge is -2.14. The van der Waals surface area contributed by atoms with Crippen LogP contribution in [0.5, 0.6) is 0 Å². The molecule has 1 heterocycles. The summed E-state index contributed by atoms with van der Waals surface area (Å²) in [6.07, 6.45) is 11.8. The van der Waals surface area contributed by atoms with Crippen molar-refractivity contribution in [3.8, 4) is 0 Å². The van der Waals surface area contributed by atoms with E-state index >= 15 is 0 Å². The third-order valence-electron chi connectivity index (χ3n) is 2.21. The first-order chi connectivity index (χ1) is 7.40. The predicted octanol–water partition coefficient (Wildman–Crippen LogP) is 3.75. The maximum absolute atomic E-state index is 3.62. The Balaban J connectivity index is 2.22. The Morgan fingerprint density at radius 3 is 2.80 bits per heavy atom. The van der Waals surface area contributed by atoms with Crippen molar-refractivity contribution in [1.82, 2.24) is 0 Å². The Hall–Kier alpha value is -2.02. The maximum atomic E-state index is 3.62. The maximum Gasteiger partial charge on any atom is 0.0457 e. The second-order valence-electron chi connectivity index (χ2n) is 3.29. The van der Waals surface area contributed by atoms with E-state index in [9.17, 15) is 0 Å². The van der Waals surface area contributed by atoms with Crippen LogP contribution in [0.25, 0.3) is 6.08 Å². The number of allylic oxidation sites excluding steroid dienone is 5. The largest absolute Gasteiger partial charge is 0.355 e. The molecule has 2 rings (SSSR count). The Labute approximate surface area is 90.1 Å². The Kier molecular flexibility index (Phi) is 2.84. The lowest BCUT2D eigenvalue weighted by molar-refractivity contribution is 1.43. The predicted molar refractivity (Wildman–Crippen MR) is 66.5 cm³/mol. The zero-order chi connectivity index (χ0) is 10.5. The molecule has 0 saturated heterocycles. The first-order valence-corrected chi connectivity index (χ1v) is 4.93. The number of rotatable bonds is 2. The highest BCUT2D eigenvalue weighted by Crippen LogP contribution is 2.23. The Bertz CT molecular complexity index is 450. The summed E-state index contributed by atoms with van der Waals surface area (Å²) in [5, 5.41) is 3.34. The molecule has 1 N–H and O–H groups in total. The van der Waals surface area contributed by atoms with E-state index in [1.165, 1.54) is 5.56 Å². The van der Waals surface area contributed by atoms with Gasteiger partial charge in [0.25, 0.3) is 0 Å². The molecule has 0 atom stereocenters. The minimum absolute atomic E-state index is 1.09. The van der Waals surface area contributed by atoms with Crippen LogP contribution in [0.1, 0.15) is 5.56 Å². The molecule has 0 saturated carbocycles. The quantitative estimate of drug-likeness (QED) is 0.709. The third-order valence-corrected chi connectivity index (χ3v) is 2.21. The summed E-state index contributed by atoms with van der Waals surface area (Å²) in [6, 6.07) is 8.23. The molecule has 1 aromatic carbocycles. The second-order valence-corrected chi connectivity index (χ2v) is 3.29. The zero-order valence-electron chi connectivity index (χ0n) is 8.48. The molecule has 0 bridgehead atoms. The molecule has 0 unspecified atom stereocenters. The lowest BCUT2D eigenvalue weighted by Crippen LogP contribution is -2.02. The van der Waals surface area contributed by atoms with Gasteiger partial charge < -0.3 is 5.32 Å². The van der Waals surface area contributed by atoms with Crippen molar-refractivity contribution in [2.45, 2.75) is 0 Å². The summed E-state index contributed by atoms with van der Waals surface area (Å²) in [4.78, 5) is 0. The molecule has 1 aliphatic rings. The normalized spacial score (nSPS) is 16.4. The van der Waals surface area contributed by atoms with Gasteiger partial charge in [0.2, 0.25) is 0 Å². The van der Waals surface area contributed by atoms with Crippen LogP contribution in [0, 0.1) is 0 Å². The minimum atomic E-state index is 1.09. The Morgan fingerprint density at radius 1 is 1.07 bits per heavy atom. The van der Waals surface area contributed by atoms with Crippen LogP contribution in [0.15, 0.2) is 66.9 Å². The minimum Gasteiger partial charge on any atom is -0.355 e. The van der Waals surface area contributed by atoms with Crippen LogP contribution >= 0.6 is 0 Å². The van der Waals surface area contributed by atoms with E-state index in [2.05, 4.69) is 36.2 Å². The molecular weight excluding hydrogens is 182 g/mol. The smallest absolute Gasteiger partial charge is 0.0457 e. The number of para-hydroxylation sites is 1. The number of nitrogens with one attached hydrogen (secondary N) is 1. The first-order valence-electron chi connectivity index (χ1n) is 4.93. The zero-order valence-corrected chi connectivity index (χ0v) is 8.48. The van der Waals surface area contributed by atoms with Crippen molar-refractivity contribution in [3.63, 3.8) is 0 Å². The van der Waals surface area contributed by atoms with E-state index in [1.807, 2.05) is 30.4 Å². The molecule has 74 valence electrons. The Morgan fingerprint density at radius 2 is 1.93 bits per heavy atom. The van der Waals surface area contributed by atoms with Gasteiger partial charge in [0.15, 0.2) is 0 Å². The van der Waals surface area contributed by atoms with E-state index in [-0.39, 0.29) is 0 Å². The van der Waals surface area contributed by atoms with Crippen LogP contribution < -0.4 is 5.32 Å². The molecule has 1 aromatic rings. The van der Waals surface area contributed by atoms with Crippen LogP contribution in [0.4, 0.5) is 5.69 Å². The fourth-order valence-electron chi connectivity index (χ4n) is 1.47. The molecule has 1 nitrogen and oxygen atoms in total. The number of fused-ring (bicyclic) bond motifs is 1. The monoisotopic (exact) mass is 195 g/mol. The van der Waals surface area contributed by atoms with Gasteiger partial charge in [-0.05, 0) is 23.8 Å². The average molecular weight is 195 g/mol. The first kappa shape index (κ1) is 9.53. The lowest BCUT2D eigenvalue weighted by atomic mass is 10.1. The van der Waals surface area contributed by atoms with Crippen LogP contribution in [0.3, 0.4) is 0 Å². The molecule has 0 fully saturated rings. The van der Waals surface area contributed by atoms with Gasteiger partial charge in [-0.25, -0.2) is 0 Å². The summed E-state index contributed by atoms with van der Waals surface area (Å²) in [6.45, 7) is 3.62. The van der Waals surface area contributed by atoms with Gasteiger partial charge >= 0.3 is 0 Å². The van der Waals surface area contributed by atoms with E-state index in [0.717, 1.165) is 11.4 Å². The topological polar surface area (TPSA) is 12.0 Å². The molecule has 0 amide bonds. The standard InChI is InChI=1S/C14H13N/c1-2-3-4-8-13-11-10-12-7-5-6-9-14(12)15-13/h2-11,15H,1H2/b4-3-,13-8+. The van der Waals surface area contributed by atoms with Crippen molar-refractivity contribution in [3.05, 3.63) is 72.5 Å². The van der Waals surface area contributed by atoms with Gasteiger partial charge in [0.1, 0.15) is 0 Å². The number of benzene rings is 1. The van der Waals surface area contributed by atoms with E-state index in [4.69, 9.17) is 0 Å². The molecule has 15 heavy (non-hydrogen) atoms. The highest BCUT2D eigenvalue weighted by atomic mass is 14.9. The van der Waals surface area contributed by atoms with Crippen molar-refractivity contribution in [2.24, 2.45) is 0 Å². The summed E-state index contributed by atoms with van der Waals surface area (Å²) < 4.78 is 0.